The van der Waals surface area contributed by atoms with Crippen LogP contribution < -0.4 is 10.6 Å². The molecule has 0 radical (unpaired) electrons. The van der Waals surface area contributed by atoms with Crippen molar-refractivity contribution in [3.8, 4) is 0 Å². The van der Waals surface area contributed by atoms with Gasteiger partial charge < -0.3 is 20.4 Å². The van der Waals surface area contributed by atoms with E-state index in [2.05, 4.69) is 46.3 Å². The quantitative estimate of drug-likeness (QED) is 0.270. The van der Waals surface area contributed by atoms with Gasteiger partial charge in [-0.1, -0.05) is 13.8 Å². The Morgan fingerprint density at radius 1 is 1.05 bits per heavy atom. The largest absolute Gasteiger partial charge is 0.356 e. The highest BCUT2D eigenvalue weighted by molar-refractivity contribution is 14.0. The average Bonchev–Trinajstić information content (AvgIpc) is 2.46. The molecule has 1 aliphatic rings. The van der Waals surface area contributed by atoms with Gasteiger partial charge in [0.1, 0.15) is 0 Å². The smallest absolute Gasteiger partial charge is 0.190 e. The number of hydrogen-bond acceptors (Lipinski definition) is 3. The molecule has 6 heteroatoms. The van der Waals surface area contributed by atoms with Crippen molar-refractivity contribution in [1.29, 1.82) is 0 Å². The lowest BCUT2D eigenvalue weighted by Gasteiger charge is -2.32. The highest BCUT2D eigenvalue weighted by Crippen LogP contribution is 2.01. The number of hydrogen-bond donors (Lipinski definition) is 2. The standard InChI is InChI=1S/C16H35N5.HI/c1-15(2)7-9-19-16(17-3)18-8-5-6-10-21-13-11-20(4)12-14-21;/h15H,5-14H2,1-4H3,(H2,17,18,19);1H. The molecule has 0 aromatic rings. The van der Waals surface area contributed by atoms with Gasteiger partial charge in [0.05, 0.1) is 0 Å². The van der Waals surface area contributed by atoms with Crippen LogP contribution in [0.1, 0.15) is 33.1 Å². The molecule has 132 valence electrons. The van der Waals surface area contributed by atoms with E-state index in [0.29, 0.717) is 0 Å². The lowest BCUT2D eigenvalue weighted by molar-refractivity contribution is 0.152. The Labute approximate surface area is 154 Å². The number of nitrogens with zero attached hydrogens (tertiary/aromatic N) is 3. The summed E-state index contributed by atoms with van der Waals surface area (Å²) in [5, 5.41) is 6.77. The van der Waals surface area contributed by atoms with Crippen LogP contribution in [0.5, 0.6) is 0 Å². The maximum absolute atomic E-state index is 4.26. The summed E-state index contributed by atoms with van der Waals surface area (Å²) in [5.41, 5.74) is 0. The number of guanidine groups is 1. The molecule has 0 atom stereocenters. The van der Waals surface area contributed by atoms with Crippen LogP contribution in [0.3, 0.4) is 0 Å². The zero-order valence-electron chi connectivity index (χ0n) is 14.9. The van der Waals surface area contributed by atoms with Crippen LogP contribution >= 0.6 is 24.0 Å². The summed E-state index contributed by atoms with van der Waals surface area (Å²) in [5.74, 6) is 1.68. The normalized spacial score (nSPS) is 17.4. The van der Waals surface area contributed by atoms with E-state index in [1.54, 1.807) is 0 Å². The predicted molar refractivity (Wildman–Crippen MR) is 107 cm³/mol. The first-order valence-corrected chi connectivity index (χ1v) is 8.47. The number of halogens is 1. The number of likely N-dealkylation sites (N-methyl/N-ethyl adjacent to an activating group) is 1. The van der Waals surface area contributed by atoms with Gasteiger partial charge in [-0.2, -0.15) is 0 Å². The summed E-state index contributed by atoms with van der Waals surface area (Å²) >= 11 is 0. The monoisotopic (exact) mass is 425 g/mol. The van der Waals surface area contributed by atoms with Gasteiger partial charge >= 0.3 is 0 Å². The van der Waals surface area contributed by atoms with Crippen LogP contribution in [0.25, 0.3) is 0 Å². The highest BCUT2D eigenvalue weighted by Gasteiger charge is 2.12. The molecule has 0 spiro atoms. The Balaban J connectivity index is 0.00000441. The van der Waals surface area contributed by atoms with Crippen molar-refractivity contribution in [2.24, 2.45) is 10.9 Å². The van der Waals surface area contributed by atoms with Gasteiger partial charge in [-0.15, -0.1) is 24.0 Å². The number of aliphatic imine (C=N–C) groups is 1. The van der Waals surface area contributed by atoms with Crippen LogP contribution in [0.2, 0.25) is 0 Å². The minimum absolute atomic E-state index is 0. The Hall–Kier alpha value is -0.0800. The van der Waals surface area contributed by atoms with Crippen LogP contribution in [0, 0.1) is 5.92 Å². The van der Waals surface area contributed by atoms with Crippen molar-refractivity contribution in [2.45, 2.75) is 33.1 Å². The number of unbranched alkanes of at least 4 members (excludes halogenated alkanes) is 1. The van der Waals surface area contributed by atoms with Gasteiger partial charge in [-0.25, -0.2) is 0 Å². The molecule has 1 heterocycles. The van der Waals surface area contributed by atoms with Crippen molar-refractivity contribution in [3.05, 3.63) is 0 Å². The third-order valence-corrected chi connectivity index (χ3v) is 4.03. The fourth-order valence-corrected chi connectivity index (χ4v) is 2.44. The molecule has 0 aliphatic carbocycles. The number of nitrogens with one attached hydrogen (secondary N) is 2. The van der Waals surface area contributed by atoms with Gasteiger partial charge in [0, 0.05) is 46.3 Å². The maximum Gasteiger partial charge on any atom is 0.190 e. The minimum Gasteiger partial charge on any atom is -0.356 e. The van der Waals surface area contributed by atoms with Crippen LogP contribution in [-0.4, -0.2) is 75.7 Å². The van der Waals surface area contributed by atoms with E-state index in [-0.39, 0.29) is 24.0 Å². The van der Waals surface area contributed by atoms with Gasteiger partial charge in [0.25, 0.3) is 0 Å². The molecule has 5 nitrogen and oxygen atoms in total. The van der Waals surface area contributed by atoms with E-state index < -0.39 is 0 Å². The van der Waals surface area contributed by atoms with Gasteiger partial charge in [-0.3, -0.25) is 4.99 Å². The third-order valence-electron chi connectivity index (χ3n) is 4.03. The van der Waals surface area contributed by atoms with E-state index >= 15 is 0 Å². The lowest BCUT2D eigenvalue weighted by atomic mass is 10.1. The molecule has 1 fully saturated rings. The van der Waals surface area contributed by atoms with Gasteiger partial charge in [0.15, 0.2) is 5.96 Å². The molecule has 0 bridgehead atoms. The molecular weight excluding hydrogens is 389 g/mol. The third kappa shape index (κ3) is 10.6. The second-order valence-corrected chi connectivity index (χ2v) is 6.46. The first-order valence-electron chi connectivity index (χ1n) is 8.47. The second kappa shape index (κ2) is 13.4. The number of rotatable bonds is 8. The molecule has 22 heavy (non-hydrogen) atoms. The topological polar surface area (TPSA) is 42.9 Å². The molecule has 0 amide bonds. The zero-order valence-corrected chi connectivity index (χ0v) is 17.2. The molecule has 0 aromatic carbocycles. The SMILES string of the molecule is CN=C(NCCCCN1CCN(C)CC1)NCCC(C)C.I. The molecule has 0 unspecified atom stereocenters. The van der Waals surface area contributed by atoms with Gasteiger partial charge in [-0.05, 0) is 38.8 Å². The summed E-state index contributed by atoms with van der Waals surface area (Å²) in [6.07, 6.45) is 3.65. The summed E-state index contributed by atoms with van der Waals surface area (Å²) < 4.78 is 0. The molecular formula is C16H36IN5. The predicted octanol–water partition coefficient (Wildman–Crippen LogP) is 1.84. The molecule has 2 N–H and O–H groups in total. The summed E-state index contributed by atoms with van der Waals surface area (Å²) in [4.78, 5) is 9.25. The van der Waals surface area contributed by atoms with Crippen molar-refractivity contribution in [1.82, 2.24) is 20.4 Å². The second-order valence-electron chi connectivity index (χ2n) is 6.46. The number of piperazine rings is 1. The molecule has 0 saturated carbocycles. The summed E-state index contributed by atoms with van der Waals surface area (Å²) in [7, 11) is 4.05. The molecule has 1 rings (SSSR count). The van der Waals surface area contributed by atoms with E-state index in [4.69, 9.17) is 0 Å². The van der Waals surface area contributed by atoms with Crippen molar-refractivity contribution >= 4 is 29.9 Å². The van der Waals surface area contributed by atoms with E-state index in [1.165, 1.54) is 52.0 Å². The lowest BCUT2D eigenvalue weighted by Crippen LogP contribution is -2.44. The highest BCUT2D eigenvalue weighted by atomic mass is 127. The van der Waals surface area contributed by atoms with Crippen LogP contribution in [0.15, 0.2) is 4.99 Å². The van der Waals surface area contributed by atoms with Crippen LogP contribution in [-0.2, 0) is 0 Å². The van der Waals surface area contributed by atoms with Gasteiger partial charge in [0.2, 0.25) is 0 Å². The maximum atomic E-state index is 4.26. The summed E-state index contributed by atoms with van der Waals surface area (Å²) in [6, 6.07) is 0. The fourth-order valence-electron chi connectivity index (χ4n) is 2.44. The Morgan fingerprint density at radius 3 is 2.27 bits per heavy atom. The summed E-state index contributed by atoms with van der Waals surface area (Å²) in [6.45, 7) is 12.6. The first kappa shape index (κ1) is 21.9. The Kier molecular flexibility index (Phi) is 13.3. The minimum atomic E-state index is 0. The van der Waals surface area contributed by atoms with E-state index in [0.717, 1.165) is 25.0 Å². The van der Waals surface area contributed by atoms with Crippen molar-refractivity contribution in [3.63, 3.8) is 0 Å². The molecule has 0 aromatic heterocycles. The Bertz CT molecular complexity index is 288. The fraction of sp³-hybridized carbons (Fsp3) is 0.938. The van der Waals surface area contributed by atoms with E-state index in [9.17, 15) is 0 Å². The average molecular weight is 425 g/mol. The van der Waals surface area contributed by atoms with E-state index in [1.807, 2.05) is 7.05 Å². The molecule has 1 saturated heterocycles. The van der Waals surface area contributed by atoms with Crippen molar-refractivity contribution in [2.75, 3.05) is 59.9 Å². The van der Waals surface area contributed by atoms with Crippen LogP contribution in [0.4, 0.5) is 0 Å². The Morgan fingerprint density at radius 2 is 1.68 bits per heavy atom. The molecule has 1 aliphatic heterocycles. The zero-order chi connectivity index (χ0) is 15.5. The van der Waals surface area contributed by atoms with Crippen molar-refractivity contribution < 1.29 is 0 Å². The first-order chi connectivity index (χ1) is 10.1.